The molecule has 2 nitrogen and oxygen atoms in total. The fourth-order valence-electron chi connectivity index (χ4n) is 6.52. The van der Waals surface area contributed by atoms with Crippen LogP contribution < -0.4 is 5.63 Å². The van der Waals surface area contributed by atoms with Crippen LogP contribution in [0.15, 0.2) is 70.8 Å². The Labute approximate surface area is 268 Å². The summed E-state index contributed by atoms with van der Waals surface area (Å²) in [5, 5.41) is 0. The van der Waals surface area contributed by atoms with E-state index < -0.39 is 24.1 Å². The van der Waals surface area contributed by atoms with E-state index in [9.17, 15) is 0 Å². The molecule has 5 rings (SSSR count). The first-order valence-corrected chi connectivity index (χ1v) is 18.2. The van der Waals surface area contributed by atoms with Gasteiger partial charge in [0, 0.05) is 0 Å². The Bertz CT molecular complexity index is 1340. The van der Waals surface area contributed by atoms with Crippen molar-refractivity contribution < 1.29 is 29.7 Å². The SMILES string of the molecule is CCCCC1=C2CC=C1CC1=CCC(=C1CCCC)c1cc(C(C)(C)C)ccc1[O][Zr][O]c1ccc(C(C)(C)C)cc12. The Kier molecular flexibility index (Phi) is 9.58. The molecule has 0 saturated carbocycles. The van der Waals surface area contributed by atoms with E-state index in [1.165, 1.54) is 59.1 Å². The molecule has 0 aromatic heterocycles. The van der Waals surface area contributed by atoms with Gasteiger partial charge in [0.1, 0.15) is 0 Å². The fourth-order valence-corrected chi connectivity index (χ4v) is 7.94. The van der Waals surface area contributed by atoms with Gasteiger partial charge >= 0.3 is 269 Å². The van der Waals surface area contributed by atoms with Crippen molar-refractivity contribution in [2.75, 3.05) is 0 Å². The number of allylic oxidation sites excluding steroid dienone is 8. The third kappa shape index (κ3) is 6.67. The average Bonchev–Trinajstić information content (AvgIpc) is 3.52. The second-order valence-corrected chi connectivity index (χ2v) is 15.8. The number of hydrogen-bond donors (Lipinski definition) is 0. The van der Waals surface area contributed by atoms with Crippen molar-refractivity contribution in [1.82, 2.24) is 0 Å². The molecular formula is C39H50O2Zr. The predicted molar refractivity (Wildman–Crippen MR) is 174 cm³/mol. The minimum atomic E-state index is -1.66. The van der Waals surface area contributed by atoms with Gasteiger partial charge in [0.05, 0.1) is 0 Å². The van der Waals surface area contributed by atoms with Gasteiger partial charge in [-0.3, -0.25) is 0 Å². The van der Waals surface area contributed by atoms with Crippen LogP contribution in [0.5, 0.6) is 11.5 Å². The van der Waals surface area contributed by atoms with E-state index in [4.69, 9.17) is 5.63 Å². The number of rotatable bonds is 6. The molecule has 0 N–H and O–H groups in total. The Morgan fingerprint density at radius 2 is 1.07 bits per heavy atom. The summed E-state index contributed by atoms with van der Waals surface area (Å²) in [5.41, 5.74) is 14.6. The molecule has 2 aromatic rings. The number of hydrogen-bond acceptors (Lipinski definition) is 2. The van der Waals surface area contributed by atoms with Gasteiger partial charge in [0.15, 0.2) is 0 Å². The molecule has 2 aliphatic carbocycles. The molecule has 0 unspecified atom stereocenters. The van der Waals surface area contributed by atoms with Gasteiger partial charge in [-0.2, -0.15) is 0 Å². The van der Waals surface area contributed by atoms with E-state index in [1.54, 1.807) is 22.3 Å². The van der Waals surface area contributed by atoms with Crippen LogP contribution in [0.2, 0.25) is 0 Å². The molecule has 2 aromatic carbocycles. The van der Waals surface area contributed by atoms with Crippen LogP contribution in [0.4, 0.5) is 0 Å². The molecule has 0 fully saturated rings. The van der Waals surface area contributed by atoms with Crippen LogP contribution in [0.1, 0.15) is 135 Å². The van der Waals surface area contributed by atoms with E-state index in [0.29, 0.717) is 0 Å². The van der Waals surface area contributed by atoms with Crippen LogP contribution in [0, 0.1) is 0 Å². The maximum absolute atomic E-state index is 6.69. The van der Waals surface area contributed by atoms with E-state index in [1.807, 2.05) is 0 Å². The third-order valence-corrected chi connectivity index (χ3v) is 10.7. The van der Waals surface area contributed by atoms with Gasteiger partial charge < -0.3 is 0 Å². The van der Waals surface area contributed by atoms with Crippen LogP contribution in [0.3, 0.4) is 0 Å². The Morgan fingerprint density at radius 3 is 1.45 bits per heavy atom. The predicted octanol–water partition coefficient (Wildman–Crippen LogP) is 11.6. The second kappa shape index (κ2) is 12.9. The monoisotopic (exact) mass is 640 g/mol. The van der Waals surface area contributed by atoms with Crippen molar-refractivity contribution in [3.05, 3.63) is 93.1 Å². The molecule has 222 valence electrons. The topological polar surface area (TPSA) is 18.5 Å². The minimum absolute atomic E-state index is 0.0807. The first-order chi connectivity index (χ1) is 20.0. The van der Waals surface area contributed by atoms with E-state index in [0.717, 1.165) is 43.6 Å². The average molecular weight is 642 g/mol. The van der Waals surface area contributed by atoms with Gasteiger partial charge in [-0.25, -0.2) is 0 Å². The summed E-state index contributed by atoms with van der Waals surface area (Å²) in [6.07, 6.45) is 15.2. The third-order valence-electron chi connectivity index (χ3n) is 9.20. The van der Waals surface area contributed by atoms with E-state index in [2.05, 4.69) is 104 Å². The Morgan fingerprint density at radius 1 is 0.643 bits per heavy atom. The molecule has 0 atom stereocenters. The Balaban J connectivity index is 1.67. The first kappa shape index (κ1) is 31.3. The van der Waals surface area contributed by atoms with Crippen molar-refractivity contribution in [3.63, 3.8) is 0 Å². The van der Waals surface area contributed by atoms with Gasteiger partial charge in [-0.15, -0.1) is 0 Å². The molecule has 1 heterocycles. The van der Waals surface area contributed by atoms with Crippen LogP contribution in [-0.2, 0) is 34.9 Å². The summed E-state index contributed by atoms with van der Waals surface area (Å²) in [5.74, 6) is 2.01. The van der Waals surface area contributed by atoms with Crippen molar-refractivity contribution in [2.45, 2.75) is 124 Å². The molecule has 0 spiro atoms. The van der Waals surface area contributed by atoms with Crippen molar-refractivity contribution >= 4 is 11.1 Å². The summed E-state index contributed by atoms with van der Waals surface area (Å²) in [7, 11) is 0. The molecule has 0 amide bonds. The first-order valence-electron chi connectivity index (χ1n) is 16.2. The molecule has 3 heteroatoms. The summed E-state index contributed by atoms with van der Waals surface area (Å²) in [6.45, 7) is 18.5. The fraction of sp³-hybridized carbons (Fsp3) is 0.487. The van der Waals surface area contributed by atoms with E-state index in [-0.39, 0.29) is 10.8 Å². The summed E-state index contributed by atoms with van der Waals surface area (Å²) in [6, 6.07) is 13.8. The normalized spacial score (nSPS) is 17.0. The van der Waals surface area contributed by atoms with Gasteiger partial charge in [-0.1, -0.05) is 0 Å². The van der Waals surface area contributed by atoms with Crippen LogP contribution in [-0.4, -0.2) is 0 Å². The molecule has 4 bridgehead atoms. The molecule has 3 aliphatic rings. The second-order valence-electron chi connectivity index (χ2n) is 14.4. The van der Waals surface area contributed by atoms with Gasteiger partial charge in [0.2, 0.25) is 0 Å². The standard InChI is InChI=1S/C39H52O2.Zr/c1-9-11-13-30-26(15-19-32(30)34-24-28(38(3,4)5)17-21-36(34)40)23-27-16-20-33(31(27)14-12-10-2)35-25-29(39(6,7)8)18-22-37(35)41;/h15-18,21-22,24-25,40-41H,9-14,19-20,23H2,1-8H3;/q;+2/p-2. The molecule has 0 radical (unpaired) electrons. The molecule has 1 aliphatic heterocycles. The van der Waals surface area contributed by atoms with Crippen LogP contribution in [0.25, 0.3) is 11.1 Å². The number of unbranched alkanes of at least 4 members (excludes halogenated alkanes) is 2. The van der Waals surface area contributed by atoms with Crippen LogP contribution >= 0.6 is 0 Å². The zero-order valence-corrected chi connectivity index (χ0v) is 29.8. The summed E-state index contributed by atoms with van der Waals surface area (Å²) < 4.78 is 13.4. The molecule has 42 heavy (non-hydrogen) atoms. The number of benzene rings is 2. The quantitative estimate of drug-likeness (QED) is 0.312. The van der Waals surface area contributed by atoms with E-state index >= 15 is 0 Å². The summed E-state index contributed by atoms with van der Waals surface area (Å²) >= 11 is -1.66. The molecule has 0 saturated heterocycles. The zero-order chi connectivity index (χ0) is 30.1. The maximum atomic E-state index is 6.69. The van der Waals surface area contributed by atoms with Crippen molar-refractivity contribution in [1.29, 1.82) is 0 Å². The number of fused-ring (bicyclic) bond motifs is 6. The van der Waals surface area contributed by atoms with Gasteiger partial charge in [-0.05, 0) is 0 Å². The summed E-state index contributed by atoms with van der Waals surface area (Å²) in [4.78, 5) is 0. The van der Waals surface area contributed by atoms with Crippen molar-refractivity contribution in [3.8, 4) is 11.5 Å². The zero-order valence-electron chi connectivity index (χ0n) is 27.3. The van der Waals surface area contributed by atoms with Crippen molar-refractivity contribution in [2.24, 2.45) is 0 Å². The molecular weight excluding hydrogens is 592 g/mol. The Hall–Kier alpha value is -2.12. The van der Waals surface area contributed by atoms with Gasteiger partial charge in [0.25, 0.3) is 0 Å².